The minimum absolute atomic E-state index is 0.0631. The number of likely N-dealkylation sites (N-methyl/N-ethyl adjacent to an activating group) is 1. The maximum atomic E-state index is 12.8. The fourth-order valence-electron chi connectivity index (χ4n) is 8.80. The van der Waals surface area contributed by atoms with E-state index in [0.717, 1.165) is 44.9 Å². The molecule has 0 heterocycles. The van der Waals surface area contributed by atoms with E-state index in [-0.39, 0.29) is 19.1 Å². The third-order valence-electron chi connectivity index (χ3n) is 13.4. The molecule has 0 aromatic carbocycles. The van der Waals surface area contributed by atoms with Crippen molar-refractivity contribution in [3.63, 3.8) is 0 Å². The van der Waals surface area contributed by atoms with Gasteiger partial charge in [-0.1, -0.05) is 263 Å². The molecule has 0 rings (SSSR count). The third kappa shape index (κ3) is 52.6. The maximum absolute atomic E-state index is 12.8. The molecule has 3 unspecified atom stereocenters. The van der Waals surface area contributed by atoms with Gasteiger partial charge in [0.1, 0.15) is 13.2 Å². The number of aliphatic hydroxyl groups is 1. The number of unbranched alkanes of at least 4 members (excludes halogenated alkanes) is 39. The highest BCUT2D eigenvalue weighted by molar-refractivity contribution is 7.47. The summed E-state index contributed by atoms with van der Waals surface area (Å²) < 4.78 is 23.5. The van der Waals surface area contributed by atoms with Crippen LogP contribution in [0, 0.1) is 0 Å². The zero-order valence-electron chi connectivity index (χ0n) is 45.4. The Morgan fingerprint density at radius 1 is 0.493 bits per heavy atom. The number of amides is 1. The van der Waals surface area contributed by atoms with Crippen LogP contribution >= 0.6 is 7.82 Å². The van der Waals surface area contributed by atoms with Gasteiger partial charge in [0.2, 0.25) is 5.91 Å². The first-order chi connectivity index (χ1) is 32.5. The van der Waals surface area contributed by atoms with Crippen molar-refractivity contribution < 1.29 is 32.9 Å². The van der Waals surface area contributed by atoms with Gasteiger partial charge in [-0.15, -0.1) is 0 Å². The smallest absolute Gasteiger partial charge is 0.387 e. The Hall–Kier alpha value is -1.02. The highest BCUT2D eigenvalue weighted by Crippen LogP contribution is 2.43. The summed E-state index contributed by atoms with van der Waals surface area (Å²) in [5.41, 5.74) is 0. The van der Waals surface area contributed by atoms with Crippen LogP contribution in [0.4, 0.5) is 0 Å². The van der Waals surface area contributed by atoms with Crippen LogP contribution in [0.2, 0.25) is 0 Å². The van der Waals surface area contributed by atoms with Crippen molar-refractivity contribution in [2.75, 3.05) is 40.9 Å². The Morgan fingerprint density at radius 2 is 0.806 bits per heavy atom. The van der Waals surface area contributed by atoms with E-state index >= 15 is 0 Å². The highest BCUT2D eigenvalue weighted by atomic mass is 31.2. The molecule has 0 aliphatic rings. The number of nitrogens with zero attached hydrogens (tertiary/aromatic N) is 1. The van der Waals surface area contributed by atoms with Crippen LogP contribution in [-0.2, 0) is 18.4 Å². The number of aliphatic hydroxyl groups excluding tert-OH is 1. The number of phosphoric ester groups is 1. The van der Waals surface area contributed by atoms with Crippen LogP contribution in [0.5, 0.6) is 0 Å². The summed E-state index contributed by atoms with van der Waals surface area (Å²) in [5.74, 6) is -0.178. The van der Waals surface area contributed by atoms with Crippen LogP contribution in [0.15, 0.2) is 24.3 Å². The number of allylic oxidation sites excluding steroid dienone is 3. The predicted octanol–water partition coefficient (Wildman–Crippen LogP) is 17.6. The molecule has 9 heteroatoms. The summed E-state index contributed by atoms with van der Waals surface area (Å²) in [6.07, 6.45) is 63.6. The Balaban J connectivity index is 3.68. The van der Waals surface area contributed by atoms with Crippen molar-refractivity contribution in [1.29, 1.82) is 0 Å². The maximum Gasteiger partial charge on any atom is 0.472 e. The van der Waals surface area contributed by atoms with Gasteiger partial charge in [0, 0.05) is 6.42 Å². The van der Waals surface area contributed by atoms with Gasteiger partial charge in [-0.2, -0.15) is 0 Å². The largest absolute Gasteiger partial charge is 0.472 e. The second-order valence-corrected chi connectivity index (χ2v) is 22.8. The van der Waals surface area contributed by atoms with E-state index in [1.54, 1.807) is 6.08 Å². The standard InChI is InChI=1S/C58H115N2O6P/c1-6-8-10-12-14-15-16-17-18-19-20-21-22-23-24-25-26-27-28-29-30-31-32-33-34-35-36-37-38-39-40-41-42-43-44-45-46-48-50-52-58(62)59-56(57(61)51-49-47-13-11-9-7-2)55-66-67(63,64)65-54-53-60(3,4)5/h19-20,49,51,56-57,61H,6-18,21-48,50,52-55H2,1-5H3,(H-,59,62,63,64)/p+1/b20-19-,51-49+. The Bertz CT molecular complexity index is 1140. The number of hydrogen-bond donors (Lipinski definition) is 3. The summed E-state index contributed by atoms with van der Waals surface area (Å²) in [4.78, 5) is 23.0. The van der Waals surface area contributed by atoms with E-state index < -0.39 is 20.0 Å². The van der Waals surface area contributed by atoms with Gasteiger partial charge in [-0.25, -0.2) is 4.57 Å². The second kappa shape index (κ2) is 49.9. The van der Waals surface area contributed by atoms with Crippen molar-refractivity contribution in [2.45, 2.75) is 302 Å². The fraction of sp³-hybridized carbons (Fsp3) is 0.914. The molecule has 0 bridgehead atoms. The lowest BCUT2D eigenvalue weighted by atomic mass is 10.0. The number of rotatable bonds is 54. The first-order valence-corrected chi connectivity index (χ1v) is 30.7. The molecule has 0 saturated carbocycles. The van der Waals surface area contributed by atoms with E-state index in [1.807, 2.05) is 27.2 Å². The predicted molar refractivity (Wildman–Crippen MR) is 291 cm³/mol. The van der Waals surface area contributed by atoms with Crippen LogP contribution in [0.1, 0.15) is 290 Å². The molecule has 8 nitrogen and oxygen atoms in total. The van der Waals surface area contributed by atoms with Crippen molar-refractivity contribution in [3.8, 4) is 0 Å². The average molecular weight is 969 g/mol. The van der Waals surface area contributed by atoms with Crippen LogP contribution in [0.25, 0.3) is 0 Å². The SMILES string of the molecule is CCCCCC/C=C/C(O)C(COP(=O)(O)OCC[N+](C)(C)C)NC(=O)CCCCCCCCCCCCCCCCCCCCCCCCCCCCC/C=C\CCCCCCCCCC. The van der Waals surface area contributed by atoms with Gasteiger partial charge in [0.05, 0.1) is 39.9 Å². The van der Waals surface area contributed by atoms with Gasteiger partial charge < -0.3 is 19.8 Å². The first kappa shape index (κ1) is 66.0. The summed E-state index contributed by atoms with van der Waals surface area (Å²) in [5, 5.41) is 13.7. The third-order valence-corrected chi connectivity index (χ3v) is 14.4. The van der Waals surface area contributed by atoms with E-state index in [4.69, 9.17) is 9.05 Å². The van der Waals surface area contributed by atoms with Gasteiger partial charge in [0.15, 0.2) is 0 Å². The monoisotopic (exact) mass is 968 g/mol. The normalized spacial score (nSPS) is 14.1. The van der Waals surface area contributed by atoms with Crippen molar-refractivity contribution in [1.82, 2.24) is 5.32 Å². The minimum atomic E-state index is -4.32. The molecule has 398 valence electrons. The average Bonchev–Trinajstić information content (AvgIpc) is 3.29. The lowest BCUT2D eigenvalue weighted by Gasteiger charge is -2.25. The molecule has 0 aliphatic carbocycles. The summed E-state index contributed by atoms with van der Waals surface area (Å²) in [6.45, 7) is 4.75. The van der Waals surface area contributed by atoms with E-state index in [1.165, 1.54) is 225 Å². The minimum Gasteiger partial charge on any atom is -0.387 e. The zero-order valence-corrected chi connectivity index (χ0v) is 46.3. The lowest BCUT2D eigenvalue weighted by Crippen LogP contribution is -2.45. The topological polar surface area (TPSA) is 105 Å². The van der Waals surface area contributed by atoms with Gasteiger partial charge in [-0.05, 0) is 44.9 Å². The number of phosphoric acid groups is 1. The molecule has 0 aliphatic heterocycles. The Morgan fingerprint density at radius 3 is 1.16 bits per heavy atom. The Labute approximate surface area is 417 Å². The molecule has 0 spiro atoms. The molecule has 0 radical (unpaired) electrons. The molecule has 3 N–H and O–H groups in total. The Kier molecular flexibility index (Phi) is 49.2. The van der Waals surface area contributed by atoms with Crippen molar-refractivity contribution >= 4 is 13.7 Å². The van der Waals surface area contributed by atoms with Crippen LogP contribution < -0.4 is 5.32 Å². The van der Waals surface area contributed by atoms with Crippen molar-refractivity contribution in [2.24, 2.45) is 0 Å². The molecule has 1 amide bonds. The molecule has 0 fully saturated rings. The number of carbonyl (C=O) groups excluding carboxylic acids is 1. The molecular weight excluding hydrogens is 852 g/mol. The van der Waals surface area contributed by atoms with Crippen molar-refractivity contribution in [3.05, 3.63) is 24.3 Å². The van der Waals surface area contributed by atoms with Gasteiger partial charge in [0.25, 0.3) is 0 Å². The second-order valence-electron chi connectivity index (χ2n) is 21.4. The molecule has 3 atom stereocenters. The summed E-state index contributed by atoms with van der Waals surface area (Å²) in [6, 6.07) is -0.839. The summed E-state index contributed by atoms with van der Waals surface area (Å²) in [7, 11) is 1.58. The highest BCUT2D eigenvalue weighted by Gasteiger charge is 2.27. The molecular formula is C58H116N2O6P+. The number of quaternary nitrogens is 1. The number of nitrogens with one attached hydrogen (secondary N) is 1. The molecule has 0 saturated heterocycles. The number of carbonyl (C=O) groups is 1. The van der Waals surface area contributed by atoms with E-state index in [9.17, 15) is 19.4 Å². The van der Waals surface area contributed by atoms with E-state index in [0.29, 0.717) is 17.4 Å². The first-order valence-electron chi connectivity index (χ1n) is 29.2. The van der Waals surface area contributed by atoms with Gasteiger partial charge in [-0.3, -0.25) is 13.8 Å². The molecule has 0 aromatic rings. The van der Waals surface area contributed by atoms with Gasteiger partial charge >= 0.3 is 7.82 Å². The molecule has 0 aromatic heterocycles. The number of hydrogen-bond acceptors (Lipinski definition) is 5. The van der Waals surface area contributed by atoms with E-state index in [2.05, 4.69) is 31.3 Å². The summed E-state index contributed by atoms with van der Waals surface area (Å²) >= 11 is 0. The fourth-order valence-corrected chi connectivity index (χ4v) is 9.54. The lowest BCUT2D eigenvalue weighted by molar-refractivity contribution is -0.870. The zero-order chi connectivity index (χ0) is 49.2. The quantitative estimate of drug-likeness (QED) is 0.0243. The van der Waals surface area contributed by atoms with Crippen LogP contribution in [0.3, 0.4) is 0 Å². The molecule has 67 heavy (non-hydrogen) atoms. The van der Waals surface area contributed by atoms with Crippen LogP contribution in [-0.4, -0.2) is 73.4 Å².